The van der Waals surface area contributed by atoms with Gasteiger partial charge in [-0.25, -0.2) is 4.98 Å². The average molecular weight is 291 g/mol. The van der Waals surface area contributed by atoms with Crippen molar-refractivity contribution in [2.45, 2.75) is 47.5 Å². The Kier molecular flexibility index (Phi) is 6.66. The van der Waals surface area contributed by atoms with E-state index in [1.807, 2.05) is 11.0 Å². The number of nitrogens with zero attached hydrogens (tertiary/aromatic N) is 2. The number of nitrogen functional groups attached to an aromatic ring is 1. The third-order valence-corrected chi connectivity index (χ3v) is 3.11. The molecule has 0 saturated heterocycles. The molecule has 0 spiro atoms. The Balaban J connectivity index is 3.01. The molecule has 1 aromatic rings. The van der Waals surface area contributed by atoms with Crippen LogP contribution in [0.15, 0.2) is 12.1 Å². The highest BCUT2D eigenvalue weighted by Gasteiger charge is 2.19. The molecular formula is C17H29N3O. The standard InChI is InChI=1S/C17H29N3O/c1-6-7-15-8-14(9-16(18)19-15)17(21)20(10-12(2)3)11-13(4)5/h8-9,12-13H,6-7,10-11H2,1-5H3,(H2,18,19). The first-order chi connectivity index (χ1) is 9.83. The maximum atomic E-state index is 12.8. The van der Waals surface area contributed by atoms with Crippen molar-refractivity contribution < 1.29 is 4.79 Å². The lowest BCUT2D eigenvalue weighted by molar-refractivity contribution is 0.0715. The number of aromatic nitrogens is 1. The molecule has 4 heteroatoms. The van der Waals surface area contributed by atoms with Crippen molar-refractivity contribution in [3.8, 4) is 0 Å². The predicted molar refractivity (Wildman–Crippen MR) is 88.2 cm³/mol. The highest BCUT2D eigenvalue weighted by atomic mass is 16.2. The first-order valence-electron chi connectivity index (χ1n) is 7.89. The fraction of sp³-hybridized carbons (Fsp3) is 0.647. The first-order valence-corrected chi connectivity index (χ1v) is 7.89. The molecule has 21 heavy (non-hydrogen) atoms. The molecule has 4 nitrogen and oxygen atoms in total. The zero-order valence-corrected chi connectivity index (χ0v) is 14.0. The molecule has 0 aliphatic heterocycles. The minimum Gasteiger partial charge on any atom is -0.384 e. The van der Waals surface area contributed by atoms with Gasteiger partial charge in [0.1, 0.15) is 5.82 Å². The van der Waals surface area contributed by atoms with E-state index in [2.05, 4.69) is 39.6 Å². The summed E-state index contributed by atoms with van der Waals surface area (Å²) in [7, 11) is 0. The van der Waals surface area contributed by atoms with Crippen molar-refractivity contribution >= 4 is 11.7 Å². The summed E-state index contributed by atoms with van der Waals surface area (Å²) in [6, 6.07) is 3.57. The van der Waals surface area contributed by atoms with Gasteiger partial charge in [-0.3, -0.25) is 4.79 Å². The van der Waals surface area contributed by atoms with Crippen LogP contribution in [0.3, 0.4) is 0 Å². The highest BCUT2D eigenvalue weighted by molar-refractivity contribution is 5.95. The van der Waals surface area contributed by atoms with Crippen LogP contribution in [0, 0.1) is 11.8 Å². The Labute approximate surface area is 128 Å². The number of carbonyl (C=O) groups excluding carboxylic acids is 1. The van der Waals surface area contributed by atoms with Gasteiger partial charge in [-0.2, -0.15) is 0 Å². The zero-order valence-electron chi connectivity index (χ0n) is 14.0. The third kappa shape index (κ3) is 5.74. The number of aryl methyl sites for hydroxylation is 1. The SMILES string of the molecule is CCCc1cc(C(=O)N(CC(C)C)CC(C)C)cc(N)n1. The maximum absolute atomic E-state index is 12.8. The first kappa shape index (κ1) is 17.5. The fourth-order valence-corrected chi connectivity index (χ4v) is 2.42. The molecule has 118 valence electrons. The van der Waals surface area contributed by atoms with E-state index in [9.17, 15) is 4.79 Å². The lowest BCUT2D eigenvalue weighted by Gasteiger charge is -2.26. The number of hydrogen-bond donors (Lipinski definition) is 1. The molecule has 1 heterocycles. The van der Waals surface area contributed by atoms with Crippen LogP contribution in [-0.2, 0) is 6.42 Å². The van der Waals surface area contributed by atoms with Crippen molar-refractivity contribution in [2.75, 3.05) is 18.8 Å². The average Bonchev–Trinajstić information content (AvgIpc) is 2.35. The molecule has 0 radical (unpaired) electrons. The van der Waals surface area contributed by atoms with Gasteiger partial charge >= 0.3 is 0 Å². The van der Waals surface area contributed by atoms with Gasteiger partial charge in [0.25, 0.3) is 5.91 Å². The normalized spacial score (nSPS) is 11.2. The second kappa shape index (κ2) is 8.01. The summed E-state index contributed by atoms with van der Waals surface area (Å²) in [5, 5.41) is 0. The summed E-state index contributed by atoms with van der Waals surface area (Å²) >= 11 is 0. The Bertz CT molecular complexity index is 459. The molecule has 0 atom stereocenters. The molecule has 0 aromatic carbocycles. The predicted octanol–water partition coefficient (Wildman–Crippen LogP) is 3.37. The Morgan fingerprint density at radius 3 is 2.24 bits per heavy atom. The highest BCUT2D eigenvalue weighted by Crippen LogP contribution is 2.14. The lowest BCUT2D eigenvalue weighted by Crippen LogP contribution is -2.37. The molecule has 0 aliphatic carbocycles. The second-order valence-electron chi connectivity index (χ2n) is 6.52. The summed E-state index contributed by atoms with van der Waals surface area (Å²) < 4.78 is 0. The van der Waals surface area contributed by atoms with Crippen molar-refractivity contribution in [1.82, 2.24) is 9.88 Å². The molecule has 1 aromatic heterocycles. The number of nitrogens with two attached hydrogens (primary N) is 1. The van der Waals surface area contributed by atoms with Crippen LogP contribution in [0.5, 0.6) is 0 Å². The molecule has 0 bridgehead atoms. The number of anilines is 1. The van der Waals surface area contributed by atoms with Gasteiger partial charge in [-0.05, 0) is 30.4 Å². The number of amides is 1. The van der Waals surface area contributed by atoms with E-state index >= 15 is 0 Å². The Hall–Kier alpha value is -1.58. The van der Waals surface area contributed by atoms with E-state index in [0.29, 0.717) is 23.2 Å². The van der Waals surface area contributed by atoms with Crippen LogP contribution >= 0.6 is 0 Å². The number of carbonyl (C=O) groups is 1. The van der Waals surface area contributed by atoms with Crippen LogP contribution in [-0.4, -0.2) is 28.9 Å². The van der Waals surface area contributed by atoms with Crippen LogP contribution < -0.4 is 5.73 Å². The van der Waals surface area contributed by atoms with E-state index in [4.69, 9.17) is 5.73 Å². The van der Waals surface area contributed by atoms with E-state index in [-0.39, 0.29) is 5.91 Å². The molecule has 2 N–H and O–H groups in total. The second-order valence-corrected chi connectivity index (χ2v) is 6.52. The fourth-order valence-electron chi connectivity index (χ4n) is 2.42. The van der Waals surface area contributed by atoms with Crippen LogP contribution in [0.25, 0.3) is 0 Å². The molecule has 0 aliphatic rings. The zero-order chi connectivity index (χ0) is 16.0. The third-order valence-electron chi connectivity index (χ3n) is 3.11. The number of rotatable bonds is 7. The molecule has 0 saturated carbocycles. The largest absolute Gasteiger partial charge is 0.384 e. The van der Waals surface area contributed by atoms with Gasteiger partial charge in [0, 0.05) is 24.3 Å². The van der Waals surface area contributed by atoms with Gasteiger partial charge in [-0.15, -0.1) is 0 Å². The van der Waals surface area contributed by atoms with Crippen molar-refractivity contribution in [1.29, 1.82) is 0 Å². The summed E-state index contributed by atoms with van der Waals surface area (Å²) in [6.07, 6.45) is 1.84. The monoisotopic (exact) mass is 291 g/mol. The summed E-state index contributed by atoms with van der Waals surface area (Å²) in [4.78, 5) is 19.0. The van der Waals surface area contributed by atoms with Crippen LogP contribution in [0.2, 0.25) is 0 Å². The molecule has 1 amide bonds. The lowest BCUT2D eigenvalue weighted by atomic mass is 10.1. The molecular weight excluding hydrogens is 262 g/mol. The summed E-state index contributed by atoms with van der Waals surface area (Å²) in [5.74, 6) is 1.38. The summed E-state index contributed by atoms with van der Waals surface area (Å²) in [5.41, 5.74) is 7.41. The van der Waals surface area contributed by atoms with Gasteiger partial charge in [0.2, 0.25) is 0 Å². The van der Waals surface area contributed by atoms with Gasteiger partial charge < -0.3 is 10.6 Å². The van der Waals surface area contributed by atoms with Crippen LogP contribution in [0.4, 0.5) is 5.82 Å². The molecule has 0 unspecified atom stereocenters. The Morgan fingerprint density at radius 2 is 1.76 bits per heavy atom. The quantitative estimate of drug-likeness (QED) is 0.838. The van der Waals surface area contributed by atoms with Crippen molar-refractivity contribution in [3.05, 3.63) is 23.4 Å². The van der Waals surface area contributed by atoms with Gasteiger partial charge in [0.05, 0.1) is 0 Å². The van der Waals surface area contributed by atoms with Crippen molar-refractivity contribution in [2.24, 2.45) is 11.8 Å². The van der Waals surface area contributed by atoms with E-state index < -0.39 is 0 Å². The maximum Gasteiger partial charge on any atom is 0.254 e. The minimum absolute atomic E-state index is 0.0591. The van der Waals surface area contributed by atoms with E-state index in [1.54, 1.807) is 6.07 Å². The molecule has 0 fully saturated rings. The van der Waals surface area contributed by atoms with E-state index in [0.717, 1.165) is 31.6 Å². The number of hydrogen-bond acceptors (Lipinski definition) is 3. The smallest absolute Gasteiger partial charge is 0.254 e. The number of pyridine rings is 1. The summed E-state index contributed by atoms with van der Waals surface area (Å²) in [6.45, 7) is 12.1. The van der Waals surface area contributed by atoms with Gasteiger partial charge in [0.15, 0.2) is 0 Å². The van der Waals surface area contributed by atoms with Gasteiger partial charge in [-0.1, -0.05) is 41.0 Å². The van der Waals surface area contributed by atoms with Crippen LogP contribution in [0.1, 0.15) is 57.1 Å². The molecule has 1 rings (SSSR count). The van der Waals surface area contributed by atoms with E-state index in [1.165, 1.54) is 0 Å². The minimum atomic E-state index is 0.0591. The Morgan fingerprint density at radius 1 is 1.19 bits per heavy atom. The topological polar surface area (TPSA) is 59.2 Å². The van der Waals surface area contributed by atoms with Crippen molar-refractivity contribution in [3.63, 3.8) is 0 Å².